The predicted octanol–water partition coefficient (Wildman–Crippen LogP) is 6.09. The van der Waals surface area contributed by atoms with Gasteiger partial charge in [-0.15, -0.1) is 0 Å². The summed E-state index contributed by atoms with van der Waals surface area (Å²) in [5.41, 5.74) is 4.35. The lowest BCUT2D eigenvalue weighted by molar-refractivity contribution is 0.443. The Kier molecular flexibility index (Phi) is 3.26. The van der Waals surface area contributed by atoms with Gasteiger partial charge in [0, 0.05) is 30.1 Å². The van der Waals surface area contributed by atoms with Crippen LogP contribution in [-0.2, 0) is 0 Å². The molecule has 0 unspecified atom stereocenters. The largest absolute Gasteiger partial charge is 0.437 e. The van der Waals surface area contributed by atoms with E-state index in [1.165, 1.54) is 6.42 Å². The lowest BCUT2D eigenvalue weighted by atomic mass is 9.84. The lowest BCUT2D eigenvalue weighted by Gasteiger charge is -2.22. The molecule has 0 radical (unpaired) electrons. The molecule has 1 aromatic carbocycles. The van der Waals surface area contributed by atoms with Crippen LogP contribution in [0.3, 0.4) is 0 Å². The van der Waals surface area contributed by atoms with E-state index in [9.17, 15) is 0 Å². The minimum Gasteiger partial charge on any atom is -0.437 e. The van der Waals surface area contributed by atoms with Gasteiger partial charge in [0.2, 0.25) is 5.71 Å². The van der Waals surface area contributed by atoms with Crippen molar-refractivity contribution in [3.8, 4) is 11.3 Å². The Morgan fingerprint density at radius 2 is 1.80 bits per heavy atom. The second kappa shape index (κ2) is 5.99. The molecule has 3 heterocycles. The van der Waals surface area contributed by atoms with Crippen LogP contribution in [-0.4, -0.2) is 9.97 Å². The van der Waals surface area contributed by atoms with Crippen molar-refractivity contribution in [1.82, 2.24) is 9.97 Å². The summed E-state index contributed by atoms with van der Waals surface area (Å²) in [6.07, 6.45) is 8.93. The number of fused-ring (bicyclic) bond motifs is 3. The number of aromatic nitrogens is 2. The van der Waals surface area contributed by atoms with Crippen molar-refractivity contribution < 1.29 is 5.79 Å². The van der Waals surface area contributed by atoms with Crippen molar-refractivity contribution in [3.63, 3.8) is 0 Å². The van der Waals surface area contributed by atoms with Gasteiger partial charge in [0.15, 0.2) is 0 Å². The highest BCUT2D eigenvalue weighted by Crippen LogP contribution is 2.37. The average molecular weight is 329 g/mol. The van der Waals surface area contributed by atoms with Crippen LogP contribution in [0.5, 0.6) is 0 Å². The summed E-state index contributed by atoms with van der Waals surface area (Å²) in [4.78, 5) is 8.93. The van der Waals surface area contributed by atoms with E-state index >= 15 is 0 Å². The summed E-state index contributed by atoms with van der Waals surface area (Å²) < 4.78 is 15.0. The molecular weight excluding hydrogens is 308 g/mol. The van der Waals surface area contributed by atoms with Crippen LogP contribution >= 0.6 is 0 Å². The minimum absolute atomic E-state index is 0.487. The highest BCUT2D eigenvalue weighted by atomic mass is 16.3. The third kappa shape index (κ3) is 2.51. The lowest BCUT2D eigenvalue weighted by Crippen LogP contribution is -2.04. The maximum absolute atomic E-state index is 8.91. The molecule has 0 amide bonds. The maximum atomic E-state index is 8.91. The Hall–Kier alpha value is -2.68. The van der Waals surface area contributed by atoms with E-state index in [0.29, 0.717) is 5.71 Å². The van der Waals surface area contributed by atoms with Gasteiger partial charge in [-0.2, -0.15) is 0 Å². The fourth-order valence-corrected chi connectivity index (χ4v) is 3.90. The van der Waals surface area contributed by atoms with E-state index in [1.807, 2.05) is 36.5 Å². The molecule has 0 aliphatic heterocycles. The molecule has 1 saturated carbocycles. The molecule has 25 heavy (non-hydrogen) atoms. The number of hydrogen-bond donors (Lipinski definition) is 0. The van der Waals surface area contributed by atoms with Gasteiger partial charge in [0.25, 0.3) is 0 Å². The number of furan rings is 1. The average Bonchev–Trinajstić information content (AvgIpc) is 3.07. The number of para-hydroxylation sites is 1. The van der Waals surface area contributed by atoms with Crippen LogP contribution in [0, 0.1) is 0 Å². The molecule has 0 saturated heterocycles. The zero-order chi connectivity index (χ0) is 17.6. The van der Waals surface area contributed by atoms with Crippen molar-refractivity contribution in [3.05, 3.63) is 60.4 Å². The van der Waals surface area contributed by atoms with E-state index in [4.69, 9.17) is 5.79 Å². The second-order valence-corrected chi connectivity index (χ2v) is 6.73. The van der Waals surface area contributed by atoms with Gasteiger partial charge in [-0.05, 0) is 54.6 Å². The Labute approximate surface area is 148 Å². The molecule has 4 aromatic rings. The highest BCUT2D eigenvalue weighted by Gasteiger charge is 2.18. The molecule has 1 aliphatic carbocycles. The normalized spacial score (nSPS) is 17.7. The molecule has 1 fully saturated rings. The highest BCUT2D eigenvalue weighted by molar-refractivity contribution is 6.08. The monoisotopic (exact) mass is 329 g/mol. The van der Waals surface area contributed by atoms with Gasteiger partial charge in [-0.1, -0.05) is 31.4 Å². The Morgan fingerprint density at radius 1 is 0.920 bits per heavy atom. The van der Waals surface area contributed by atoms with Crippen molar-refractivity contribution in [2.45, 2.75) is 38.0 Å². The Morgan fingerprint density at radius 3 is 2.72 bits per heavy atom. The number of hydrogen-bond acceptors (Lipinski definition) is 3. The summed E-state index contributed by atoms with van der Waals surface area (Å²) in [6.45, 7) is 0. The third-order valence-corrected chi connectivity index (χ3v) is 5.18. The number of pyridine rings is 2. The zero-order valence-corrected chi connectivity index (χ0v) is 14.0. The van der Waals surface area contributed by atoms with Crippen LogP contribution in [0.15, 0.2) is 59.3 Å². The molecule has 3 aromatic heterocycles. The fraction of sp³-hybridized carbons (Fsp3) is 0.273. The molecule has 0 bridgehead atoms. The zero-order valence-electron chi connectivity index (χ0n) is 15.0. The van der Waals surface area contributed by atoms with Crippen LogP contribution in [0.4, 0.5) is 0 Å². The summed E-state index contributed by atoms with van der Waals surface area (Å²) in [7, 11) is 0. The number of benzene rings is 1. The van der Waals surface area contributed by atoms with Gasteiger partial charge in [0.05, 0.1) is 5.69 Å². The SMILES string of the molecule is [2H]C1(c2ccnc(-c3cccc4c3oc3ncccc34)c2)CCCCC1. The van der Waals surface area contributed by atoms with Gasteiger partial charge < -0.3 is 4.42 Å². The molecule has 3 nitrogen and oxygen atoms in total. The van der Waals surface area contributed by atoms with E-state index in [0.717, 1.165) is 58.9 Å². The van der Waals surface area contributed by atoms with E-state index in [2.05, 4.69) is 22.1 Å². The van der Waals surface area contributed by atoms with Crippen LogP contribution in [0.2, 0.25) is 0 Å². The Bertz CT molecular complexity index is 1100. The first-order valence-electron chi connectivity index (χ1n) is 9.48. The summed E-state index contributed by atoms with van der Waals surface area (Å²) in [5, 5.41) is 2.07. The topological polar surface area (TPSA) is 38.9 Å². The molecule has 0 spiro atoms. The first kappa shape index (κ1) is 13.6. The van der Waals surface area contributed by atoms with Crippen LogP contribution in [0.1, 0.15) is 44.9 Å². The molecular formula is C22H20N2O. The molecule has 1 aliphatic rings. The van der Waals surface area contributed by atoms with Crippen LogP contribution < -0.4 is 0 Å². The fourth-order valence-electron chi connectivity index (χ4n) is 3.90. The molecule has 124 valence electrons. The van der Waals surface area contributed by atoms with E-state index in [-0.39, 0.29) is 0 Å². The third-order valence-electron chi connectivity index (χ3n) is 5.18. The van der Waals surface area contributed by atoms with Gasteiger partial charge >= 0.3 is 0 Å². The second-order valence-electron chi connectivity index (χ2n) is 6.73. The van der Waals surface area contributed by atoms with Crippen molar-refractivity contribution in [2.24, 2.45) is 0 Å². The van der Waals surface area contributed by atoms with Crippen LogP contribution in [0.25, 0.3) is 33.3 Å². The van der Waals surface area contributed by atoms with Crippen molar-refractivity contribution in [1.29, 1.82) is 0 Å². The quantitative estimate of drug-likeness (QED) is 0.446. The van der Waals surface area contributed by atoms with Gasteiger partial charge in [-0.25, -0.2) is 4.98 Å². The van der Waals surface area contributed by atoms with Crippen molar-refractivity contribution >= 4 is 22.1 Å². The predicted molar refractivity (Wildman–Crippen MR) is 101 cm³/mol. The van der Waals surface area contributed by atoms with Gasteiger partial charge in [0.1, 0.15) is 5.58 Å². The summed E-state index contributed by atoms with van der Waals surface area (Å²) >= 11 is 0. The minimum atomic E-state index is -0.487. The number of rotatable bonds is 2. The van der Waals surface area contributed by atoms with Gasteiger partial charge in [-0.3, -0.25) is 4.98 Å². The summed E-state index contributed by atoms with van der Waals surface area (Å²) in [6, 6.07) is 14.2. The molecule has 5 rings (SSSR count). The molecule has 0 N–H and O–H groups in total. The number of nitrogens with zero attached hydrogens (tertiary/aromatic N) is 2. The van der Waals surface area contributed by atoms with Crippen molar-refractivity contribution in [2.75, 3.05) is 0 Å². The maximum Gasteiger partial charge on any atom is 0.227 e. The van der Waals surface area contributed by atoms with E-state index < -0.39 is 5.89 Å². The summed E-state index contributed by atoms with van der Waals surface area (Å²) in [5.74, 6) is -0.487. The smallest absolute Gasteiger partial charge is 0.227 e. The first-order valence-corrected chi connectivity index (χ1v) is 8.98. The molecule has 0 atom stereocenters. The Balaban J connectivity index is 1.67. The standard InChI is InChI=1S/C22H20N2O/c1-2-6-15(7-3-1)16-11-13-23-20(14-16)19-9-4-8-17-18-10-5-12-24-22(18)25-21(17)19/h4-5,8-15H,1-3,6-7H2/i15D. The molecule has 3 heteroatoms. The first-order chi connectivity index (χ1) is 12.7. The van der Waals surface area contributed by atoms with E-state index in [1.54, 1.807) is 6.20 Å².